The predicted molar refractivity (Wildman–Crippen MR) is 59.6 cm³/mol. The Hall–Kier alpha value is -1.22. The molecule has 0 saturated carbocycles. The number of methoxy groups -OCH3 is 2. The molecule has 0 amide bonds. The van der Waals surface area contributed by atoms with Gasteiger partial charge in [-0.1, -0.05) is 6.07 Å². The Balaban J connectivity index is 2.77. The minimum atomic E-state index is 0.230. The van der Waals surface area contributed by atoms with Gasteiger partial charge in [-0.15, -0.1) is 0 Å². The van der Waals surface area contributed by atoms with E-state index in [9.17, 15) is 5.11 Å². The highest BCUT2D eigenvalue weighted by molar-refractivity contribution is 5.47. The van der Waals surface area contributed by atoms with Gasteiger partial charge in [0.1, 0.15) is 0 Å². The fourth-order valence-corrected chi connectivity index (χ4v) is 1.54. The van der Waals surface area contributed by atoms with Crippen molar-refractivity contribution >= 4 is 0 Å². The number of aryl methyl sites for hydroxylation is 2. The van der Waals surface area contributed by atoms with Crippen molar-refractivity contribution in [3.05, 3.63) is 23.3 Å². The van der Waals surface area contributed by atoms with E-state index in [1.807, 2.05) is 19.1 Å². The van der Waals surface area contributed by atoms with Gasteiger partial charge in [0.25, 0.3) is 0 Å². The molecule has 0 aliphatic rings. The molecule has 1 aromatic carbocycles. The fraction of sp³-hybridized carbons (Fsp3) is 0.500. The lowest BCUT2D eigenvalue weighted by molar-refractivity contribution is 0.195. The zero-order valence-corrected chi connectivity index (χ0v) is 9.54. The van der Waals surface area contributed by atoms with E-state index in [1.54, 1.807) is 14.2 Å². The van der Waals surface area contributed by atoms with Crippen molar-refractivity contribution in [1.82, 2.24) is 0 Å². The van der Waals surface area contributed by atoms with Crippen LogP contribution in [-0.4, -0.2) is 25.9 Å². The molecule has 3 nitrogen and oxygen atoms in total. The zero-order valence-electron chi connectivity index (χ0n) is 9.54. The summed E-state index contributed by atoms with van der Waals surface area (Å²) >= 11 is 0. The average molecular weight is 210 g/mol. The number of rotatable bonds is 5. The van der Waals surface area contributed by atoms with Crippen LogP contribution >= 0.6 is 0 Å². The summed E-state index contributed by atoms with van der Waals surface area (Å²) in [6, 6.07) is 3.85. The SMILES string of the molecule is COCCCc1cc(C)c(O)c(OC)c1. The summed E-state index contributed by atoms with van der Waals surface area (Å²) in [6.45, 7) is 2.62. The van der Waals surface area contributed by atoms with Gasteiger partial charge in [-0.25, -0.2) is 0 Å². The summed E-state index contributed by atoms with van der Waals surface area (Å²) < 4.78 is 10.1. The number of hydrogen-bond donors (Lipinski definition) is 1. The molecule has 15 heavy (non-hydrogen) atoms. The van der Waals surface area contributed by atoms with Crippen LogP contribution in [0.1, 0.15) is 17.5 Å². The van der Waals surface area contributed by atoms with Gasteiger partial charge < -0.3 is 14.6 Å². The minimum absolute atomic E-state index is 0.230. The van der Waals surface area contributed by atoms with E-state index in [0.717, 1.165) is 25.0 Å². The summed E-state index contributed by atoms with van der Waals surface area (Å²) in [4.78, 5) is 0. The molecule has 0 bridgehead atoms. The maximum atomic E-state index is 9.64. The van der Waals surface area contributed by atoms with Gasteiger partial charge in [0, 0.05) is 13.7 Å². The number of phenols is 1. The highest BCUT2D eigenvalue weighted by Crippen LogP contribution is 2.31. The van der Waals surface area contributed by atoms with Crippen LogP contribution in [0.2, 0.25) is 0 Å². The van der Waals surface area contributed by atoms with Crippen LogP contribution in [-0.2, 0) is 11.2 Å². The van der Waals surface area contributed by atoms with E-state index in [4.69, 9.17) is 9.47 Å². The molecule has 3 heteroatoms. The third-order valence-electron chi connectivity index (χ3n) is 2.36. The third-order valence-corrected chi connectivity index (χ3v) is 2.36. The number of ether oxygens (including phenoxy) is 2. The van der Waals surface area contributed by atoms with Crippen molar-refractivity contribution in [2.24, 2.45) is 0 Å². The summed E-state index contributed by atoms with van der Waals surface area (Å²) in [6.07, 6.45) is 1.91. The van der Waals surface area contributed by atoms with Crippen molar-refractivity contribution < 1.29 is 14.6 Å². The van der Waals surface area contributed by atoms with Crippen LogP contribution in [0.15, 0.2) is 12.1 Å². The van der Waals surface area contributed by atoms with Gasteiger partial charge in [-0.3, -0.25) is 0 Å². The number of phenolic OH excluding ortho intramolecular Hbond substituents is 1. The molecule has 1 aromatic rings. The van der Waals surface area contributed by atoms with Crippen LogP contribution in [0.5, 0.6) is 11.5 Å². The fourth-order valence-electron chi connectivity index (χ4n) is 1.54. The standard InChI is InChI=1S/C12H18O3/c1-9-7-10(5-4-6-14-2)8-11(15-3)12(9)13/h7-8,13H,4-6H2,1-3H3. The van der Waals surface area contributed by atoms with Crippen molar-refractivity contribution in [3.63, 3.8) is 0 Å². The van der Waals surface area contributed by atoms with E-state index in [2.05, 4.69) is 0 Å². The minimum Gasteiger partial charge on any atom is -0.504 e. The van der Waals surface area contributed by atoms with Gasteiger partial charge in [0.2, 0.25) is 0 Å². The number of hydrogen-bond acceptors (Lipinski definition) is 3. The van der Waals surface area contributed by atoms with E-state index in [0.29, 0.717) is 5.75 Å². The van der Waals surface area contributed by atoms with Crippen LogP contribution < -0.4 is 4.74 Å². The van der Waals surface area contributed by atoms with Crippen molar-refractivity contribution in [1.29, 1.82) is 0 Å². The quantitative estimate of drug-likeness (QED) is 0.758. The van der Waals surface area contributed by atoms with Crippen molar-refractivity contribution in [2.75, 3.05) is 20.8 Å². The first-order valence-electron chi connectivity index (χ1n) is 5.04. The molecule has 0 heterocycles. The molecule has 0 saturated heterocycles. The lowest BCUT2D eigenvalue weighted by Crippen LogP contribution is -1.95. The highest BCUT2D eigenvalue weighted by Gasteiger charge is 2.06. The van der Waals surface area contributed by atoms with E-state index in [1.165, 1.54) is 5.56 Å². The molecule has 0 aliphatic heterocycles. The molecule has 0 spiro atoms. The Morgan fingerprint density at radius 1 is 1.27 bits per heavy atom. The molecule has 0 fully saturated rings. The summed E-state index contributed by atoms with van der Waals surface area (Å²) in [5.74, 6) is 0.774. The second-order valence-electron chi connectivity index (χ2n) is 3.56. The number of benzene rings is 1. The Kier molecular flexibility index (Phi) is 4.43. The second kappa shape index (κ2) is 5.61. The molecule has 1 N–H and O–H groups in total. The number of aromatic hydroxyl groups is 1. The molecule has 0 aliphatic carbocycles. The third kappa shape index (κ3) is 3.13. The van der Waals surface area contributed by atoms with Crippen LogP contribution in [0.4, 0.5) is 0 Å². The highest BCUT2D eigenvalue weighted by atomic mass is 16.5. The van der Waals surface area contributed by atoms with Crippen molar-refractivity contribution in [2.45, 2.75) is 19.8 Å². The first-order chi connectivity index (χ1) is 7.19. The normalized spacial score (nSPS) is 10.3. The monoisotopic (exact) mass is 210 g/mol. The molecule has 0 aromatic heterocycles. The first-order valence-corrected chi connectivity index (χ1v) is 5.04. The van der Waals surface area contributed by atoms with E-state index < -0.39 is 0 Å². The second-order valence-corrected chi connectivity index (χ2v) is 3.56. The van der Waals surface area contributed by atoms with Crippen LogP contribution in [0.25, 0.3) is 0 Å². The van der Waals surface area contributed by atoms with Gasteiger partial charge in [-0.05, 0) is 37.0 Å². The van der Waals surface area contributed by atoms with Gasteiger partial charge >= 0.3 is 0 Å². The lowest BCUT2D eigenvalue weighted by Gasteiger charge is -2.09. The van der Waals surface area contributed by atoms with Crippen molar-refractivity contribution in [3.8, 4) is 11.5 Å². The Morgan fingerprint density at radius 3 is 2.60 bits per heavy atom. The molecule has 1 rings (SSSR count). The Morgan fingerprint density at radius 2 is 2.00 bits per heavy atom. The molecule has 84 valence electrons. The smallest absolute Gasteiger partial charge is 0.161 e. The molecule has 0 radical (unpaired) electrons. The maximum absolute atomic E-state index is 9.64. The summed E-state index contributed by atoms with van der Waals surface area (Å²) in [7, 11) is 3.26. The Bertz CT molecular complexity index is 321. The molecule has 0 unspecified atom stereocenters. The first kappa shape index (κ1) is 11.9. The van der Waals surface area contributed by atoms with E-state index in [-0.39, 0.29) is 5.75 Å². The van der Waals surface area contributed by atoms with Gasteiger partial charge in [-0.2, -0.15) is 0 Å². The molecular formula is C12H18O3. The molecular weight excluding hydrogens is 192 g/mol. The Labute approximate surface area is 90.6 Å². The zero-order chi connectivity index (χ0) is 11.3. The van der Waals surface area contributed by atoms with Crippen LogP contribution in [0, 0.1) is 6.92 Å². The summed E-state index contributed by atoms with van der Waals surface area (Å²) in [5.41, 5.74) is 2.01. The molecule has 0 atom stereocenters. The van der Waals surface area contributed by atoms with E-state index >= 15 is 0 Å². The lowest BCUT2D eigenvalue weighted by atomic mass is 10.1. The predicted octanol–water partition coefficient (Wildman–Crippen LogP) is 2.29. The largest absolute Gasteiger partial charge is 0.504 e. The summed E-state index contributed by atoms with van der Waals surface area (Å²) in [5, 5.41) is 9.64. The maximum Gasteiger partial charge on any atom is 0.161 e. The van der Waals surface area contributed by atoms with Gasteiger partial charge in [0.05, 0.1) is 7.11 Å². The topological polar surface area (TPSA) is 38.7 Å². The van der Waals surface area contributed by atoms with Crippen LogP contribution in [0.3, 0.4) is 0 Å². The average Bonchev–Trinajstić information content (AvgIpc) is 2.23. The van der Waals surface area contributed by atoms with Gasteiger partial charge in [0.15, 0.2) is 11.5 Å².